The highest BCUT2D eigenvalue weighted by Crippen LogP contribution is 2.16. The molecule has 0 amide bonds. The summed E-state index contributed by atoms with van der Waals surface area (Å²) < 4.78 is 10.8. The van der Waals surface area contributed by atoms with Crippen molar-refractivity contribution in [2.75, 3.05) is 19.0 Å². The largest absolute Gasteiger partial charge is 0.497 e. The van der Waals surface area contributed by atoms with E-state index in [-0.39, 0.29) is 0 Å². The van der Waals surface area contributed by atoms with Crippen molar-refractivity contribution < 1.29 is 9.47 Å². The Kier molecular flexibility index (Phi) is 4.61. The quantitative estimate of drug-likeness (QED) is 0.864. The van der Waals surface area contributed by atoms with Gasteiger partial charge in [-0.25, -0.2) is 0 Å². The van der Waals surface area contributed by atoms with Crippen molar-refractivity contribution in [3.8, 4) is 11.6 Å². The van der Waals surface area contributed by atoms with E-state index >= 15 is 0 Å². The molecule has 0 saturated heterocycles. The van der Waals surface area contributed by atoms with Crippen molar-refractivity contribution >= 4 is 5.82 Å². The summed E-state index contributed by atoms with van der Waals surface area (Å²) in [6.45, 7) is 3.34. The molecule has 0 unspecified atom stereocenters. The summed E-state index contributed by atoms with van der Waals surface area (Å²) in [6.07, 6.45) is 0. The number of anilines is 1. The second kappa shape index (κ2) is 6.64. The van der Waals surface area contributed by atoms with E-state index < -0.39 is 0 Å². The van der Waals surface area contributed by atoms with Crippen molar-refractivity contribution in [1.29, 1.82) is 0 Å². The number of nitrogens with one attached hydrogen (secondary N) is 1. The highest BCUT2D eigenvalue weighted by atomic mass is 16.5. The Bertz CT molecular complexity index is 529. The van der Waals surface area contributed by atoms with Crippen LogP contribution in [0.15, 0.2) is 42.5 Å². The number of aromatic nitrogens is 1. The summed E-state index contributed by atoms with van der Waals surface area (Å²) >= 11 is 0. The lowest BCUT2D eigenvalue weighted by atomic mass is 10.2. The predicted molar refractivity (Wildman–Crippen MR) is 75.7 cm³/mol. The van der Waals surface area contributed by atoms with Gasteiger partial charge in [-0.1, -0.05) is 18.2 Å². The molecule has 0 bridgehead atoms. The normalized spacial score (nSPS) is 10.0. The van der Waals surface area contributed by atoms with E-state index in [0.29, 0.717) is 12.5 Å². The second-order valence-electron chi connectivity index (χ2n) is 4.03. The number of hydrogen-bond acceptors (Lipinski definition) is 4. The van der Waals surface area contributed by atoms with Crippen molar-refractivity contribution in [3.05, 3.63) is 48.0 Å². The van der Waals surface area contributed by atoms with E-state index in [2.05, 4.69) is 10.3 Å². The molecule has 4 heteroatoms. The number of methoxy groups -OCH3 is 1. The van der Waals surface area contributed by atoms with Crippen LogP contribution in [0.3, 0.4) is 0 Å². The molecule has 0 atom stereocenters. The first-order valence-electron chi connectivity index (χ1n) is 6.28. The van der Waals surface area contributed by atoms with E-state index in [4.69, 9.17) is 9.47 Å². The van der Waals surface area contributed by atoms with Crippen molar-refractivity contribution in [2.45, 2.75) is 13.5 Å². The monoisotopic (exact) mass is 258 g/mol. The fourth-order valence-corrected chi connectivity index (χ4v) is 1.69. The third kappa shape index (κ3) is 3.88. The maximum atomic E-state index is 5.67. The van der Waals surface area contributed by atoms with Gasteiger partial charge in [0.15, 0.2) is 0 Å². The van der Waals surface area contributed by atoms with Gasteiger partial charge in [-0.05, 0) is 30.7 Å². The molecule has 19 heavy (non-hydrogen) atoms. The second-order valence-corrected chi connectivity index (χ2v) is 4.03. The Morgan fingerprint density at radius 3 is 2.79 bits per heavy atom. The van der Waals surface area contributed by atoms with Gasteiger partial charge in [0.05, 0.1) is 7.11 Å². The lowest BCUT2D eigenvalue weighted by Crippen LogP contribution is -2.02. The van der Waals surface area contributed by atoms with E-state index in [1.54, 1.807) is 7.11 Å². The van der Waals surface area contributed by atoms with Crippen molar-refractivity contribution in [3.63, 3.8) is 0 Å². The van der Waals surface area contributed by atoms with E-state index in [9.17, 15) is 0 Å². The van der Waals surface area contributed by atoms with Crippen molar-refractivity contribution in [1.82, 2.24) is 4.98 Å². The fourth-order valence-electron chi connectivity index (χ4n) is 1.69. The van der Waals surface area contributed by atoms with Crippen molar-refractivity contribution in [2.24, 2.45) is 0 Å². The zero-order chi connectivity index (χ0) is 13.5. The summed E-state index contributed by atoms with van der Waals surface area (Å²) in [5.74, 6) is 2.27. The Balaban J connectivity index is 1.99. The molecule has 0 aliphatic rings. The number of pyridine rings is 1. The van der Waals surface area contributed by atoms with Gasteiger partial charge in [0, 0.05) is 12.6 Å². The summed E-state index contributed by atoms with van der Waals surface area (Å²) in [6, 6.07) is 13.5. The molecule has 0 fully saturated rings. The Morgan fingerprint density at radius 1 is 1.16 bits per heavy atom. The summed E-state index contributed by atoms with van der Waals surface area (Å²) in [5.41, 5.74) is 1.05. The standard InChI is InChI=1S/C15H18N2O2/c1-3-16-14-8-5-9-15(17-14)19-11-12-6-4-7-13(10-12)18-2/h4-10H,3,11H2,1-2H3,(H,16,17). The van der Waals surface area contributed by atoms with Gasteiger partial charge >= 0.3 is 0 Å². The predicted octanol–water partition coefficient (Wildman–Crippen LogP) is 3.10. The van der Waals surface area contributed by atoms with Crippen LogP contribution >= 0.6 is 0 Å². The molecule has 0 aliphatic carbocycles. The van der Waals surface area contributed by atoms with E-state index in [1.165, 1.54) is 0 Å². The topological polar surface area (TPSA) is 43.4 Å². The average molecular weight is 258 g/mol. The van der Waals surface area contributed by atoms with Gasteiger partial charge in [0.25, 0.3) is 0 Å². The average Bonchev–Trinajstić information content (AvgIpc) is 2.46. The van der Waals surface area contributed by atoms with Crippen LogP contribution in [-0.4, -0.2) is 18.6 Å². The highest BCUT2D eigenvalue weighted by Gasteiger charge is 2.00. The third-order valence-corrected chi connectivity index (χ3v) is 2.60. The van der Waals surface area contributed by atoms with E-state index in [1.807, 2.05) is 49.4 Å². The highest BCUT2D eigenvalue weighted by molar-refractivity contribution is 5.37. The maximum absolute atomic E-state index is 5.67. The zero-order valence-electron chi connectivity index (χ0n) is 11.2. The molecule has 2 rings (SSSR count). The molecular formula is C15H18N2O2. The van der Waals surface area contributed by atoms with Crippen LogP contribution in [0.4, 0.5) is 5.82 Å². The smallest absolute Gasteiger partial charge is 0.215 e. The van der Waals surface area contributed by atoms with Crippen LogP contribution in [0.2, 0.25) is 0 Å². The minimum absolute atomic E-state index is 0.472. The number of ether oxygens (including phenoxy) is 2. The van der Waals surface area contributed by atoms with Crippen LogP contribution in [-0.2, 0) is 6.61 Å². The number of nitrogens with zero attached hydrogens (tertiary/aromatic N) is 1. The SMILES string of the molecule is CCNc1cccc(OCc2cccc(OC)c2)n1. The molecule has 1 aromatic heterocycles. The summed E-state index contributed by atoms with van der Waals surface area (Å²) in [5, 5.41) is 3.15. The zero-order valence-corrected chi connectivity index (χ0v) is 11.2. The Hall–Kier alpha value is -2.23. The molecule has 4 nitrogen and oxygen atoms in total. The molecular weight excluding hydrogens is 240 g/mol. The molecule has 2 aromatic rings. The number of hydrogen-bond donors (Lipinski definition) is 1. The molecule has 0 saturated carbocycles. The first-order valence-corrected chi connectivity index (χ1v) is 6.28. The molecule has 1 heterocycles. The van der Waals surface area contributed by atoms with Crippen LogP contribution in [0.5, 0.6) is 11.6 Å². The maximum Gasteiger partial charge on any atom is 0.215 e. The van der Waals surface area contributed by atoms with Gasteiger partial charge < -0.3 is 14.8 Å². The minimum atomic E-state index is 0.472. The first-order chi connectivity index (χ1) is 9.31. The molecule has 100 valence electrons. The molecule has 0 spiro atoms. The van der Waals surface area contributed by atoms with Crippen LogP contribution in [0.25, 0.3) is 0 Å². The molecule has 1 aromatic carbocycles. The van der Waals surface area contributed by atoms with Gasteiger partial charge in [-0.2, -0.15) is 4.98 Å². The van der Waals surface area contributed by atoms with Crippen LogP contribution < -0.4 is 14.8 Å². The van der Waals surface area contributed by atoms with Crippen LogP contribution in [0, 0.1) is 0 Å². The van der Waals surface area contributed by atoms with Gasteiger partial charge in [0.2, 0.25) is 5.88 Å². The lowest BCUT2D eigenvalue weighted by Gasteiger charge is -2.08. The summed E-state index contributed by atoms with van der Waals surface area (Å²) in [4.78, 5) is 4.36. The fraction of sp³-hybridized carbons (Fsp3) is 0.267. The molecule has 0 radical (unpaired) electrons. The Labute approximate surface area is 113 Å². The number of rotatable bonds is 6. The van der Waals surface area contributed by atoms with E-state index in [0.717, 1.165) is 23.7 Å². The minimum Gasteiger partial charge on any atom is -0.497 e. The third-order valence-electron chi connectivity index (χ3n) is 2.60. The molecule has 0 aliphatic heterocycles. The first kappa shape index (κ1) is 13.2. The van der Waals surface area contributed by atoms with Gasteiger partial charge in [0.1, 0.15) is 18.2 Å². The number of benzene rings is 1. The molecule has 1 N–H and O–H groups in total. The summed E-state index contributed by atoms with van der Waals surface area (Å²) in [7, 11) is 1.65. The Morgan fingerprint density at radius 2 is 2.00 bits per heavy atom. The lowest BCUT2D eigenvalue weighted by molar-refractivity contribution is 0.293. The van der Waals surface area contributed by atoms with Gasteiger partial charge in [-0.3, -0.25) is 0 Å². The van der Waals surface area contributed by atoms with Gasteiger partial charge in [-0.15, -0.1) is 0 Å². The van der Waals surface area contributed by atoms with Crippen LogP contribution in [0.1, 0.15) is 12.5 Å².